The predicted molar refractivity (Wildman–Crippen MR) is 89.6 cm³/mol. The van der Waals surface area contributed by atoms with Crippen molar-refractivity contribution in [3.05, 3.63) is 41.3 Å². The van der Waals surface area contributed by atoms with Crippen LogP contribution in [0.15, 0.2) is 33.7 Å². The van der Waals surface area contributed by atoms with E-state index in [1.807, 2.05) is 38.1 Å². The van der Waals surface area contributed by atoms with E-state index in [1.165, 1.54) is 11.8 Å². The molecule has 1 saturated heterocycles. The standard InChI is InChI=1S/C17H17N3O3S/c1-10-12(11(2)23-19-10)9-18-16(22)17-8-7-15(21)20(17)13-5-3-4-6-14(13)24-17/h3-6H,7-9H2,1-2H3,(H,18,22)/t17-/m1/s1. The van der Waals surface area contributed by atoms with Gasteiger partial charge in [-0.3, -0.25) is 14.5 Å². The minimum Gasteiger partial charge on any atom is -0.361 e. The van der Waals surface area contributed by atoms with Crippen LogP contribution in [0.1, 0.15) is 29.9 Å². The number of carbonyl (C=O) groups excluding carboxylic acids is 2. The smallest absolute Gasteiger partial charge is 0.257 e. The quantitative estimate of drug-likeness (QED) is 0.927. The van der Waals surface area contributed by atoms with Gasteiger partial charge in [0.05, 0.1) is 11.4 Å². The van der Waals surface area contributed by atoms with Crippen LogP contribution in [0, 0.1) is 13.8 Å². The number of fused-ring (bicyclic) bond motifs is 3. The number of nitrogens with zero attached hydrogens (tertiary/aromatic N) is 2. The summed E-state index contributed by atoms with van der Waals surface area (Å²) in [7, 11) is 0. The molecule has 4 rings (SSSR count). The summed E-state index contributed by atoms with van der Waals surface area (Å²) in [6, 6.07) is 7.67. The lowest BCUT2D eigenvalue weighted by molar-refractivity contribution is -0.124. The zero-order valence-electron chi connectivity index (χ0n) is 13.5. The van der Waals surface area contributed by atoms with Gasteiger partial charge in [-0.2, -0.15) is 0 Å². The molecular weight excluding hydrogens is 326 g/mol. The van der Waals surface area contributed by atoms with Crippen LogP contribution in [0.3, 0.4) is 0 Å². The molecule has 0 unspecified atom stereocenters. The molecule has 0 bridgehead atoms. The van der Waals surface area contributed by atoms with E-state index in [1.54, 1.807) is 4.90 Å². The van der Waals surface area contributed by atoms with E-state index in [0.29, 0.717) is 25.1 Å². The molecule has 1 aromatic heterocycles. The number of nitrogens with one attached hydrogen (secondary N) is 1. The second-order valence-corrected chi connectivity index (χ2v) is 7.39. The summed E-state index contributed by atoms with van der Waals surface area (Å²) in [5, 5.41) is 6.88. The van der Waals surface area contributed by atoms with E-state index in [2.05, 4.69) is 10.5 Å². The topological polar surface area (TPSA) is 75.4 Å². The lowest BCUT2D eigenvalue weighted by atomic mass is 10.1. The third kappa shape index (κ3) is 2.07. The van der Waals surface area contributed by atoms with Crippen LogP contribution in [-0.4, -0.2) is 21.8 Å². The van der Waals surface area contributed by atoms with E-state index in [4.69, 9.17) is 4.52 Å². The third-order valence-electron chi connectivity index (χ3n) is 4.64. The van der Waals surface area contributed by atoms with E-state index < -0.39 is 4.87 Å². The molecule has 2 aromatic rings. The molecule has 6 nitrogen and oxygen atoms in total. The Bertz CT molecular complexity index is 828. The SMILES string of the molecule is Cc1noc(C)c1CNC(=O)[C@]12CCC(=O)N1c1ccccc1S2. The van der Waals surface area contributed by atoms with E-state index in [9.17, 15) is 9.59 Å². The maximum absolute atomic E-state index is 13.0. The Morgan fingerprint density at radius 3 is 2.96 bits per heavy atom. The molecule has 3 heterocycles. The highest BCUT2D eigenvalue weighted by Gasteiger charge is 2.57. The largest absolute Gasteiger partial charge is 0.361 e. The minimum atomic E-state index is -0.875. The second kappa shape index (κ2) is 5.37. The van der Waals surface area contributed by atoms with Gasteiger partial charge in [-0.15, -0.1) is 0 Å². The van der Waals surface area contributed by atoms with Crippen LogP contribution < -0.4 is 10.2 Å². The van der Waals surface area contributed by atoms with Gasteiger partial charge in [0.2, 0.25) is 5.91 Å². The van der Waals surface area contributed by atoms with Gasteiger partial charge >= 0.3 is 0 Å². The van der Waals surface area contributed by atoms with Gasteiger partial charge in [-0.1, -0.05) is 29.1 Å². The first-order valence-corrected chi connectivity index (χ1v) is 8.66. The van der Waals surface area contributed by atoms with Crippen molar-refractivity contribution in [3.63, 3.8) is 0 Å². The van der Waals surface area contributed by atoms with Crippen LogP contribution in [0.5, 0.6) is 0 Å². The van der Waals surface area contributed by atoms with Gasteiger partial charge in [-0.25, -0.2) is 0 Å². The minimum absolute atomic E-state index is 0.0000566. The zero-order valence-corrected chi connectivity index (χ0v) is 14.3. The Labute approximate surface area is 143 Å². The number of amides is 2. The van der Waals surface area contributed by atoms with Gasteiger partial charge in [0.15, 0.2) is 4.87 Å². The summed E-state index contributed by atoms with van der Waals surface area (Å²) in [6.45, 7) is 4.02. The number of rotatable bonds is 3. The monoisotopic (exact) mass is 343 g/mol. The molecule has 1 fully saturated rings. The van der Waals surface area contributed by atoms with Crippen molar-refractivity contribution < 1.29 is 14.1 Å². The Kier molecular flexibility index (Phi) is 3.42. The molecule has 0 aliphatic carbocycles. The Morgan fingerprint density at radius 1 is 1.42 bits per heavy atom. The number of para-hydroxylation sites is 1. The maximum Gasteiger partial charge on any atom is 0.257 e. The lowest BCUT2D eigenvalue weighted by Crippen LogP contribution is -2.52. The summed E-state index contributed by atoms with van der Waals surface area (Å²) < 4.78 is 5.13. The van der Waals surface area contributed by atoms with Crippen LogP contribution in [0.2, 0.25) is 0 Å². The van der Waals surface area contributed by atoms with Gasteiger partial charge in [-0.05, 0) is 32.4 Å². The van der Waals surface area contributed by atoms with E-state index in [-0.39, 0.29) is 11.8 Å². The first kappa shape index (κ1) is 15.3. The number of thioether (sulfide) groups is 1. The molecule has 2 aliphatic heterocycles. The van der Waals surface area contributed by atoms with E-state index >= 15 is 0 Å². The average molecular weight is 343 g/mol. The van der Waals surface area contributed by atoms with Crippen LogP contribution in [-0.2, 0) is 16.1 Å². The number of carbonyl (C=O) groups is 2. The number of hydrogen-bond acceptors (Lipinski definition) is 5. The second-order valence-electron chi connectivity index (χ2n) is 6.07. The number of aromatic nitrogens is 1. The zero-order chi connectivity index (χ0) is 16.9. The number of aryl methyl sites for hydroxylation is 2. The molecule has 0 saturated carbocycles. The summed E-state index contributed by atoms with van der Waals surface area (Å²) in [5.74, 6) is 0.557. The van der Waals surface area contributed by atoms with Crippen molar-refractivity contribution in [1.29, 1.82) is 0 Å². The molecule has 1 atom stereocenters. The lowest BCUT2D eigenvalue weighted by Gasteiger charge is -2.29. The molecule has 0 radical (unpaired) electrons. The summed E-state index contributed by atoms with van der Waals surface area (Å²) in [6.07, 6.45) is 0.901. The molecule has 1 N–H and O–H groups in total. The van der Waals surface area contributed by atoms with Gasteiger partial charge in [0, 0.05) is 23.4 Å². The molecule has 7 heteroatoms. The van der Waals surface area contributed by atoms with Crippen molar-refractivity contribution in [2.45, 2.75) is 43.0 Å². The van der Waals surface area contributed by atoms with Gasteiger partial charge in [0.1, 0.15) is 5.76 Å². The van der Waals surface area contributed by atoms with Crippen LogP contribution >= 0.6 is 11.8 Å². The summed E-state index contributed by atoms with van der Waals surface area (Å²) in [4.78, 5) is 27.1. The first-order chi connectivity index (χ1) is 11.5. The van der Waals surface area contributed by atoms with Crippen molar-refractivity contribution in [3.8, 4) is 0 Å². The van der Waals surface area contributed by atoms with E-state index in [0.717, 1.165) is 21.8 Å². The highest BCUT2D eigenvalue weighted by Crippen LogP contribution is 2.55. The van der Waals surface area contributed by atoms with Crippen molar-refractivity contribution in [2.24, 2.45) is 0 Å². The van der Waals surface area contributed by atoms with Gasteiger partial charge in [0.25, 0.3) is 5.91 Å². The Hall–Kier alpha value is -2.28. The molecule has 1 aromatic carbocycles. The summed E-state index contributed by atoms with van der Waals surface area (Å²) in [5.41, 5.74) is 2.49. The fourth-order valence-corrected chi connectivity index (χ4v) is 4.79. The molecule has 2 aliphatic rings. The fourth-order valence-electron chi connectivity index (χ4n) is 3.36. The average Bonchev–Trinajstić information content (AvgIpc) is 3.19. The highest BCUT2D eigenvalue weighted by molar-refractivity contribution is 8.02. The number of benzene rings is 1. The highest BCUT2D eigenvalue weighted by atomic mass is 32.2. The summed E-state index contributed by atoms with van der Waals surface area (Å²) >= 11 is 1.47. The molecule has 2 amide bonds. The van der Waals surface area contributed by atoms with Crippen LogP contribution in [0.4, 0.5) is 5.69 Å². The maximum atomic E-state index is 13.0. The third-order valence-corrected chi connectivity index (χ3v) is 6.11. The van der Waals surface area contributed by atoms with Crippen molar-refractivity contribution in [1.82, 2.24) is 10.5 Å². The Morgan fingerprint density at radius 2 is 2.21 bits per heavy atom. The first-order valence-electron chi connectivity index (χ1n) is 7.84. The predicted octanol–water partition coefficient (Wildman–Crippen LogP) is 2.54. The molecule has 0 spiro atoms. The molecule has 124 valence electrons. The van der Waals surface area contributed by atoms with Gasteiger partial charge < -0.3 is 9.84 Å². The van der Waals surface area contributed by atoms with Crippen molar-refractivity contribution in [2.75, 3.05) is 4.90 Å². The molecular formula is C17H17N3O3S. The fraction of sp³-hybridized carbons (Fsp3) is 0.353. The van der Waals surface area contributed by atoms with Crippen molar-refractivity contribution >= 4 is 29.3 Å². The number of anilines is 1. The normalized spacial score (nSPS) is 21.8. The number of hydrogen-bond donors (Lipinski definition) is 1. The Balaban J connectivity index is 1.61. The molecule has 24 heavy (non-hydrogen) atoms. The van der Waals surface area contributed by atoms with Crippen LogP contribution in [0.25, 0.3) is 0 Å².